The lowest BCUT2D eigenvalue weighted by Crippen LogP contribution is -2.52. The molecule has 1 N–H and O–H groups in total. The summed E-state index contributed by atoms with van der Waals surface area (Å²) in [5.41, 5.74) is 0. The molecule has 0 amide bonds. The fourth-order valence-corrected chi connectivity index (χ4v) is 3.70. The van der Waals surface area contributed by atoms with E-state index in [4.69, 9.17) is 4.74 Å². The molecule has 2 aliphatic rings. The van der Waals surface area contributed by atoms with Gasteiger partial charge in [-0.05, 0) is 51.1 Å². The van der Waals surface area contributed by atoms with E-state index in [9.17, 15) is 4.79 Å². The fourth-order valence-electron chi connectivity index (χ4n) is 3.70. The second-order valence-corrected chi connectivity index (χ2v) is 5.93. The number of hydrogen-bond donors (Lipinski definition) is 1. The van der Waals surface area contributed by atoms with Crippen LogP contribution in [0.5, 0.6) is 0 Å². The van der Waals surface area contributed by atoms with Crippen molar-refractivity contribution in [3.05, 3.63) is 0 Å². The van der Waals surface area contributed by atoms with Crippen LogP contribution in [0.15, 0.2) is 0 Å². The summed E-state index contributed by atoms with van der Waals surface area (Å²) < 4.78 is 4.93. The predicted octanol–water partition coefficient (Wildman–Crippen LogP) is 1.79. The van der Waals surface area contributed by atoms with Crippen molar-refractivity contribution in [2.75, 3.05) is 26.7 Å². The maximum atomic E-state index is 11.9. The highest BCUT2D eigenvalue weighted by Gasteiger charge is 2.36. The summed E-state index contributed by atoms with van der Waals surface area (Å²) in [6.45, 7) is 4.95. The summed E-state index contributed by atoms with van der Waals surface area (Å²) in [7, 11) is 1.48. The zero-order chi connectivity index (χ0) is 13.7. The number of esters is 1. The van der Waals surface area contributed by atoms with Crippen molar-refractivity contribution in [2.24, 2.45) is 5.92 Å². The summed E-state index contributed by atoms with van der Waals surface area (Å²) in [6.07, 6.45) is 7.75. The van der Waals surface area contributed by atoms with Crippen LogP contribution in [0.1, 0.15) is 45.4 Å². The molecule has 1 aliphatic heterocycles. The van der Waals surface area contributed by atoms with Gasteiger partial charge in [0.1, 0.15) is 6.04 Å². The van der Waals surface area contributed by atoms with Gasteiger partial charge in [0, 0.05) is 12.6 Å². The van der Waals surface area contributed by atoms with Gasteiger partial charge < -0.3 is 10.1 Å². The highest BCUT2D eigenvalue weighted by Crippen LogP contribution is 2.36. The summed E-state index contributed by atoms with van der Waals surface area (Å²) in [4.78, 5) is 14.4. The van der Waals surface area contributed by atoms with Crippen molar-refractivity contribution in [1.29, 1.82) is 0 Å². The van der Waals surface area contributed by atoms with Crippen molar-refractivity contribution < 1.29 is 9.53 Å². The third-order valence-electron chi connectivity index (χ3n) is 4.65. The van der Waals surface area contributed by atoms with Crippen molar-refractivity contribution in [3.63, 3.8) is 0 Å². The molecule has 0 aromatic heterocycles. The largest absolute Gasteiger partial charge is 0.468 e. The molecule has 1 aliphatic carbocycles. The number of nitrogens with one attached hydrogen (secondary N) is 1. The van der Waals surface area contributed by atoms with Gasteiger partial charge in [-0.3, -0.25) is 9.69 Å². The molecule has 0 aromatic carbocycles. The minimum absolute atomic E-state index is 0.117. The van der Waals surface area contributed by atoms with E-state index < -0.39 is 0 Å². The molecule has 2 fully saturated rings. The minimum atomic E-state index is -0.163. The van der Waals surface area contributed by atoms with Crippen LogP contribution in [0.4, 0.5) is 0 Å². The smallest absolute Gasteiger partial charge is 0.324 e. The highest BCUT2D eigenvalue weighted by molar-refractivity contribution is 5.75. The van der Waals surface area contributed by atoms with Crippen molar-refractivity contribution in [2.45, 2.75) is 57.5 Å². The first-order valence-electron chi connectivity index (χ1n) is 7.81. The molecular weight excluding hydrogens is 240 g/mol. The molecule has 1 heterocycles. The number of rotatable bonds is 6. The molecule has 1 saturated heterocycles. The number of nitrogens with zero attached hydrogens (tertiary/aromatic N) is 1. The second kappa shape index (κ2) is 7.25. The minimum Gasteiger partial charge on any atom is -0.468 e. The quantitative estimate of drug-likeness (QED) is 0.746. The first-order valence-corrected chi connectivity index (χ1v) is 7.81. The summed E-state index contributed by atoms with van der Waals surface area (Å²) in [5.74, 6) is 0.756. The number of methoxy groups -OCH3 is 1. The van der Waals surface area contributed by atoms with Crippen LogP contribution >= 0.6 is 0 Å². The Kier molecular flexibility index (Phi) is 5.64. The highest BCUT2D eigenvalue weighted by atomic mass is 16.5. The predicted molar refractivity (Wildman–Crippen MR) is 76.0 cm³/mol. The summed E-state index contributed by atoms with van der Waals surface area (Å²) in [5, 5.41) is 3.33. The van der Waals surface area contributed by atoms with Gasteiger partial charge in [0.05, 0.1) is 7.11 Å². The van der Waals surface area contributed by atoms with E-state index in [2.05, 4.69) is 17.1 Å². The summed E-state index contributed by atoms with van der Waals surface area (Å²) >= 11 is 0. The molecule has 0 aromatic rings. The van der Waals surface area contributed by atoms with Gasteiger partial charge in [-0.1, -0.05) is 13.3 Å². The van der Waals surface area contributed by atoms with Gasteiger partial charge in [0.25, 0.3) is 0 Å². The topological polar surface area (TPSA) is 41.6 Å². The molecule has 1 saturated carbocycles. The van der Waals surface area contributed by atoms with E-state index in [0.717, 1.165) is 32.0 Å². The summed E-state index contributed by atoms with van der Waals surface area (Å²) in [6, 6.07) is 0.550. The van der Waals surface area contributed by atoms with Gasteiger partial charge in [-0.2, -0.15) is 0 Å². The first-order chi connectivity index (χ1) is 9.26. The van der Waals surface area contributed by atoms with E-state index >= 15 is 0 Å². The zero-order valence-corrected chi connectivity index (χ0v) is 12.4. The molecule has 4 heteroatoms. The third-order valence-corrected chi connectivity index (χ3v) is 4.65. The van der Waals surface area contributed by atoms with E-state index in [1.54, 1.807) is 0 Å². The molecule has 3 unspecified atom stereocenters. The Balaban J connectivity index is 1.93. The Hall–Kier alpha value is -0.610. The number of likely N-dealkylation sites (tertiary alicyclic amines) is 1. The van der Waals surface area contributed by atoms with Crippen molar-refractivity contribution >= 4 is 5.97 Å². The van der Waals surface area contributed by atoms with Crippen LogP contribution < -0.4 is 5.32 Å². The number of piperidine rings is 1. The van der Waals surface area contributed by atoms with Crippen LogP contribution in [0.25, 0.3) is 0 Å². The third kappa shape index (κ3) is 3.69. The Bertz CT molecular complexity index is 296. The normalized spacial score (nSPS) is 28.9. The van der Waals surface area contributed by atoms with Crippen molar-refractivity contribution in [3.8, 4) is 0 Å². The van der Waals surface area contributed by atoms with Crippen LogP contribution in [0.3, 0.4) is 0 Å². The van der Waals surface area contributed by atoms with Gasteiger partial charge in [-0.25, -0.2) is 0 Å². The van der Waals surface area contributed by atoms with Crippen LogP contribution in [-0.4, -0.2) is 49.7 Å². The maximum Gasteiger partial charge on any atom is 0.324 e. The van der Waals surface area contributed by atoms with E-state index in [1.165, 1.54) is 39.2 Å². The Labute approximate surface area is 116 Å². The van der Waals surface area contributed by atoms with Crippen LogP contribution in [-0.2, 0) is 9.53 Å². The molecule has 0 radical (unpaired) electrons. The Morgan fingerprint density at radius 3 is 2.89 bits per heavy atom. The standard InChI is InChI=1S/C15H28N2O2/c1-3-9-16-13(15(18)19-2)11-17-10-5-7-12-6-4-8-14(12)17/h12-14,16H,3-11H2,1-2H3. The average molecular weight is 268 g/mol. The van der Waals surface area contributed by atoms with Gasteiger partial charge >= 0.3 is 5.97 Å². The van der Waals surface area contributed by atoms with E-state index in [-0.39, 0.29) is 12.0 Å². The lowest BCUT2D eigenvalue weighted by Gasteiger charge is -2.39. The lowest BCUT2D eigenvalue weighted by atomic mass is 9.91. The van der Waals surface area contributed by atoms with E-state index in [1.807, 2.05) is 0 Å². The number of fused-ring (bicyclic) bond motifs is 1. The van der Waals surface area contributed by atoms with Crippen LogP contribution in [0.2, 0.25) is 0 Å². The number of carbonyl (C=O) groups is 1. The Morgan fingerprint density at radius 1 is 1.37 bits per heavy atom. The maximum absolute atomic E-state index is 11.9. The average Bonchev–Trinajstić information content (AvgIpc) is 2.91. The molecule has 0 spiro atoms. The molecule has 19 heavy (non-hydrogen) atoms. The van der Waals surface area contributed by atoms with Gasteiger partial charge in [-0.15, -0.1) is 0 Å². The molecular formula is C15H28N2O2. The monoisotopic (exact) mass is 268 g/mol. The second-order valence-electron chi connectivity index (χ2n) is 5.93. The number of ether oxygens (including phenoxy) is 1. The molecule has 110 valence electrons. The molecule has 0 bridgehead atoms. The lowest BCUT2D eigenvalue weighted by molar-refractivity contribution is -0.144. The Morgan fingerprint density at radius 2 is 2.16 bits per heavy atom. The fraction of sp³-hybridized carbons (Fsp3) is 0.933. The number of carbonyl (C=O) groups excluding carboxylic acids is 1. The molecule has 3 atom stereocenters. The van der Waals surface area contributed by atoms with Gasteiger partial charge in [0.2, 0.25) is 0 Å². The number of hydrogen-bond acceptors (Lipinski definition) is 4. The molecule has 4 nitrogen and oxygen atoms in total. The van der Waals surface area contributed by atoms with Crippen molar-refractivity contribution in [1.82, 2.24) is 10.2 Å². The SMILES string of the molecule is CCCNC(CN1CCCC2CCCC21)C(=O)OC. The first kappa shape index (κ1) is 14.8. The molecule has 2 rings (SSSR count). The zero-order valence-electron chi connectivity index (χ0n) is 12.4. The van der Waals surface area contributed by atoms with Gasteiger partial charge in [0.15, 0.2) is 0 Å². The van der Waals surface area contributed by atoms with Crippen LogP contribution in [0, 0.1) is 5.92 Å². The van der Waals surface area contributed by atoms with E-state index in [0.29, 0.717) is 6.04 Å².